The average Bonchev–Trinajstić information content (AvgIpc) is 2.80. The number of phenolic OH excluding ortho intramolecular Hbond substituents is 1. The minimum absolute atomic E-state index is 0.0721. The Morgan fingerprint density at radius 2 is 2.00 bits per heavy atom. The zero-order valence-electron chi connectivity index (χ0n) is 8.91. The number of benzene rings is 1. The third-order valence-corrected chi connectivity index (χ3v) is 2.49. The summed E-state index contributed by atoms with van der Waals surface area (Å²) in [6, 6.07) is 8.03. The van der Waals surface area contributed by atoms with Crippen LogP contribution >= 0.6 is 0 Å². The molecule has 0 bridgehead atoms. The van der Waals surface area contributed by atoms with Crippen molar-refractivity contribution in [2.75, 3.05) is 0 Å². The zero-order chi connectivity index (χ0) is 12.3. The standard InChI is InChI=1S/C12H11NO4/c14-9-3-1-8(2-4-9)10(7-12(15)16)11-5-6-17-13-11/h1-6,10,14H,7H2,(H,15,16)/t10-/m1/s1. The molecule has 0 amide bonds. The van der Waals surface area contributed by atoms with Gasteiger partial charge in [-0.05, 0) is 17.7 Å². The lowest BCUT2D eigenvalue weighted by Crippen LogP contribution is -2.08. The van der Waals surface area contributed by atoms with E-state index in [1.54, 1.807) is 18.2 Å². The Bertz CT molecular complexity index is 490. The van der Waals surface area contributed by atoms with E-state index < -0.39 is 5.97 Å². The van der Waals surface area contributed by atoms with Crippen molar-refractivity contribution in [1.29, 1.82) is 0 Å². The number of aliphatic carboxylic acids is 1. The van der Waals surface area contributed by atoms with Gasteiger partial charge in [0.1, 0.15) is 12.0 Å². The van der Waals surface area contributed by atoms with E-state index in [2.05, 4.69) is 5.16 Å². The lowest BCUT2D eigenvalue weighted by atomic mass is 9.92. The highest BCUT2D eigenvalue weighted by atomic mass is 16.5. The molecule has 0 spiro atoms. The van der Waals surface area contributed by atoms with E-state index in [0.29, 0.717) is 5.69 Å². The number of hydrogen-bond acceptors (Lipinski definition) is 4. The SMILES string of the molecule is O=C(O)C[C@H](c1ccc(O)cc1)c1ccon1. The maximum atomic E-state index is 10.8. The van der Waals surface area contributed by atoms with Crippen LogP contribution < -0.4 is 0 Å². The van der Waals surface area contributed by atoms with Crippen molar-refractivity contribution < 1.29 is 19.5 Å². The largest absolute Gasteiger partial charge is 0.508 e. The number of aromatic hydroxyl groups is 1. The fourth-order valence-electron chi connectivity index (χ4n) is 1.68. The Balaban J connectivity index is 2.33. The summed E-state index contributed by atoms with van der Waals surface area (Å²) in [5.74, 6) is -1.14. The first-order valence-corrected chi connectivity index (χ1v) is 5.08. The van der Waals surface area contributed by atoms with E-state index in [-0.39, 0.29) is 18.1 Å². The van der Waals surface area contributed by atoms with Gasteiger partial charge in [-0.25, -0.2) is 0 Å². The molecule has 2 N–H and O–H groups in total. The van der Waals surface area contributed by atoms with Crippen LogP contribution in [0.25, 0.3) is 0 Å². The van der Waals surface area contributed by atoms with Gasteiger partial charge in [0.15, 0.2) is 0 Å². The number of carbonyl (C=O) groups is 1. The Kier molecular flexibility index (Phi) is 3.09. The van der Waals surface area contributed by atoms with E-state index in [4.69, 9.17) is 9.63 Å². The maximum Gasteiger partial charge on any atom is 0.304 e. The first-order valence-electron chi connectivity index (χ1n) is 5.08. The summed E-state index contributed by atoms with van der Waals surface area (Å²) in [4.78, 5) is 10.8. The van der Waals surface area contributed by atoms with E-state index in [9.17, 15) is 9.90 Å². The predicted octanol–water partition coefficient (Wildman–Crippen LogP) is 1.99. The Hall–Kier alpha value is -2.30. The third kappa shape index (κ3) is 2.63. The first kappa shape index (κ1) is 11.2. The Morgan fingerprint density at radius 3 is 2.53 bits per heavy atom. The van der Waals surface area contributed by atoms with Crippen LogP contribution in [0.4, 0.5) is 0 Å². The normalized spacial score (nSPS) is 12.2. The molecule has 0 unspecified atom stereocenters. The molecular weight excluding hydrogens is 222 g/mol. The van der Waals surface area contributed by atoms with Gasteiger partial charge in [0.2, 0.25) is 0 Å². The molecule has 0 aliphatic carbocycles. The topological polar surface area (TPSA) is 83.6 Å². The summed E-state index contributed by atoms with van der Waals surface area (Å²) in [6.45, 7) is 0. The van der Waals surface area contributed by atoms with Crippen molar-refractivity contribution in [3.8, 4) is 5.75 Å². The van der Waals surface area contributed by atoms with Crippen molar-refractivity contribution in [3.63, 3.8) is 0 Å². The van der Waals surface area contributed by atoms with Crippen LogP contribution in [0.5, 0.6) is 5.75 Å². The number of phenols is 1. The molecule has 1 atom stereocenters. The van der Waals surface area contributed by atoms with E-state index in [0.717, 1.165) is 5.56 Å². The van der Waals surface area contributed by atoms with Crippen LogP contribution in [0.1, 0.15) is 23.6 Å². The second-order valence-corrected chi connectivity index (χ2v) is 3.67. The molecule has 0 aliphatic heterocycles. The van der Waals surface area contributed by atoms with E-state index in [1.807, 2.05) is 0 Å². The Morgan fingerprint density at radius 1 is 1.29 bits per heavy atom. The smallest absolute Gasteiger partial charge is 0.304 e. The second-order valence-electron chi connectivity index (χ2n) is 3.67. The molecule has 17 heavy (non-hydrogen) atoms. The van der Waals surface area contributed by atoms with Gasteiger partial charge in [0, 0.05) is 12.0 Å². The van der Waals surface area contributed by atoms with Gasteiger partial charge in [-0.1, -0.05) is 17.3 Å². The molecule has 1 aromatic carbocycles. The first-order chi connectivity index (χ1) is 8.16. The molecule has 0 saturated carbocycles. The predicted molar refractivity (Wildman–Crippen MR) is 58.7 cm³/mol. The van der Waals surface area contributed by atoms with Gasteiger partial charge in [0.05, 0.1) is 12.1 Å². The van der Waals surface area contributed by atoms with E-state index in [1.165, 1.54) is 18.4 Å². The number of carboxylic acid groups (broad SMARTS) is 1. The van der Waals surface area contributed by atoms with Crippen molar-refractivity contribution in [2.45, 2.75) is 12.3 Å². The molecular formula is C12H11NO4. The fourth-order valence-corrected chi connectivity index (χ4v) is 1.68. The molecule has 2 rings (SSSR count). The zero-order valence-corrected chi connectivity index (χ0v) is 8.91. The molecule has 0 aliphatic rings. The van der Waals surface area contributed by atoms with Gasteiger partial charge in [-0.3, -0.25) is 4.79 Å². The van der Waals surface area contributed by atoms with Crippen LogP contribution in [0.2, 0.25) is 0 Å². The molecule has 1 aromatic heterocycles. The summed E-state index contributed by atoms with van der Waals surface area (Å²) in [5, 5.41) is 21.9. The number of carboxylic acids is 1. The number of hydrogen-bond donors (Lipinski definition) is 2. The molecule has 5 heteroatoms. The summed E-state index contributed by atoms with van der Waals surface area (Å²) in [6.07, 6.45) is 1.34. The minimum atomic E-state index is -0.911. The summed E-state index contributed by atoms with van der Waals surface area (Å²) < 4.78 is 4.73. The maximum absolute atomic E-state index is 10.8. The fraction of sp³-hybridized carbons (Fsp3) is 0.167. The third-order valence-electron chi connectivity index (χ3n) is 2.49. The van der Waals surface area contributed by atoms with Gasteiger partial charge >= 0.3 is 5.97 Å². The lowest BCUT2D eigenvalue weighted by molar-refractivity contribution is -0.137. The van der Waals surface area contributed by atoms with Gasteiger partial charge in [0.25, 0.3) is 0 Å². The monoisotopic (exact) mass is 233 g/mol. The summed E-state index contributed by atoms with van der Waals surface area (Å²) in [7, 11) is 0. The van der Waals surface area contributed by atoms with E-state index >= 15 is 0 Å². The summed E-state index contributed by atoms with van der Waals surface area (Å²) in [5.41, 5.74) is 1.34. The number of nitrogens with zero attached hydrogens (tertiary/aromatic N) is 1. The number of rotatable bonds is 4. The molecule has 1 heterocycles. The highest BCUT2D eigenvalue weighted by Crippen LogP contribution is 2.27. The highest BCUT2D eigenvalue weighted by Gasteiger charge is 2.20. The van der Waals surface area contributed by atoms with Crippen LogP contribution in [0.15, 0.2) is 41.1 Å². The van der Waals surface area contributed by atoms with Crippen molar-refractivity contribution >= 4 is 5.97 Å². The summed E-state index contributed by atoms with van der Waals surface area (Å²) >= 11 is 0. The molecule has 5 nitrogen and oxygen atoms in total. The van der Waals surface area contributed by atoms with Crippen LogP contribution in [-0.2, 0) is 4.79 Å². The Labute approximate surface area is 97.3 Å². The van der Waals surface area contributed by atoms with Crippen molar-refractivity contribution in [1.82, 2.24) is 5.16 Å². The molecule has 2 aromatic rings. The van der Waals surface area contributed by atoms with Crippen molar-refractivity contribution in [2.24, 2.45) is 0 Å². The molecule has 88 valence electrons. The van der Waals surface area contributed by atoms with Crippen LogP contribution in [0.3, 0.4) is 0 Å². The second kappa shape index (κ2) is 4.69. The van der Waals surface area contributed by atoms with Crippen molar-refractivity contribution in [3.05, 3.63) is 47.9 Å². The molecule has 0 saturated heterocycles. The van der Waals surface area contributed by atoms with Crippen LogP contribution in [0, 0.1) is 0 Å². The van der Waals surface area contributed by atoms with Gasteiger partial charge in [-0.15, -0.1) is 0 Å². The van der Waals surface area contributed by atoms with Gasteiger partial charge in [-0.2, -0.15) is 0 Å². The highest BCUT2D eigenvalue weighted by molar-refractivity contribution is 5.68. The average molecular weight is 233 g/mol. The van der Waals surface area contributed by atoms with Crippen LogP contribution in [-0.4, -0.2) is 21.3 Å². The van der Waals surface area contributed by atoms with Gasteiger partial charge < -0.3 is 14.7 Å². The number of aromatic nitrogens is 1. The molecule has 0 radical (unpaired) electrons. The minimum Gasteiger partial charge on any atom is -0.508 e. The quantitative estimate of drug-likeness (QED) is 0.843. The molecule has 0 fully saturated rings. The lowest BCUT2D eigenvalue weighted by Gasteiger charge is -2.12.